The number of carbonyl (C=O) groups is 2. The summed E-state index contributed by atoms with van der Waals surface area (Å²) in [6.45, 7) is 3.90. The highest BCUT2D eigenvalue weighted by Gasteiger charge is 2.27. The fourth-order valence-electron chi connectivity index (χ4n) is 4.55. The Labute approximate surface area is 205 Å². The summed E-state index contributed by atoms with van der Waals surface area (Å²) < 4.78 is 16.2. The minimum absolute atomic E-state index is 0.207. The lowest BCUT2D eigenvalue weighted by Crippen LogP contribution is -2.44. The third-order valence-corrected chi connectivity index (χ3v) is 6.53. The standard InChI is InChI=1S/C27H32FN5O2/c1-17-8-9-18(2)23(12-17)31-24-14-20(10-11-22(24)28)26(34)32-25(13-19-6-4-5-7-19)27(35)30-21-15-29-33(3)16-21/h8-12,14-16,19,25,31H,4-7,13H2,1-3H3,(H,30,35)(H,32,34)/t25-/m0/s1. The Balaban J connectivity index is 1.51. The number of hydrogen-bond acceptors (Lipinski definition) is 4. The molecule has 4 rings (SSSR count). The van der Waals surface area contributed by atoms with Crippen molar-refractivity contribution in [3.63, 3.8) is 0 Å². The zero-order chi connectivity index (χ0) is 24.9. The van der Waals surface area contributed by atoms with Crippen molar-refractivity contribution in [3.05, 3.63) is 71.3 Å². The SMILES string of the molecule is Cc1ccc(C)c(Nc2cc(C(=O)N[C@@H](CC3CCCC3)C(=O)Nc3cnn(C)c3)ccc2F)c1. The molecule has 1 heterocycles. The highest BCUT2D eigenvalue weighted by Crippen LogP contribution is 2.29. The first-order valence-electron chi connectivity index (χ1n) is 12.0. The van der Waals surface area contributed by atoms with Crippen LogP contribution in [0.3, 0.4) is 0 Å². The van der Waals surface area contributed by atoms with Gasteiger partial charge in [-0.25, -0.2) is 4.39 Å². The van der Waals surface area contributed by atoms with Gasteiger partial charge >= 0.3 is 0 Å². The molecule has 1 fully saturated rings. The highest BCUT2D eigenvalue weighted by molar-refractivity contribution is 6.01. The molecule has 0 saturated heterocycles. The third kappa shape index (κ3) is 6.26. The molecule has 0 bridgehead atoms. The van der Waals surface area contributed by atoms with E-state index in [1.165, 1.54) is 18.2 Å². The first kappa shape index (κ1) is 24.4. The fourth-order valence-corrected chi connectivity index (χ4v) is 4.55. The molecule has 1 atom stereocenters. The topological polar surface area (TPSA) is 88.1 Å². The maximum absolute atomic E-state index is 14.6. The number of nitrogens with zero attached hydrogens (tertiary/aromatic N) is 2. The van der Waals surface area contributed by atoms with Crippen molar-refractivity contribution in [2.75, 3.05) is 10.6 Å². The zero-order valence-corrected chi connectivity index (χ0v) is 20.4. The molecule has 1 aromatic heterocycles. The number of benzene rings is 2. The van der Waals surface area contributed by atoms with Crippen molar-refractivity contribution in [2.45, 2.75) is 52.0 Å². The number of hydrogen-bond donors (Lipinski definition) is 3. The van der Waals surface area contributed by atoms with Crippen LogP contribution >= 0.6 is 0 Å². The van der Waals surface area contributed by atoms with E-state index < -0.39 is 17.8 Å². The maximum atomic E-state index is 14.6. The van der Waals surface area contributed by atoms with Gasteiger partial charge in [0, 0.05) is 24.5 Å². The number of rotatable bonds is 8. The van der Waals surface area contributed by atoms with Gasteiger partial charge in [-0.2, -0.15) is 5.10 Å². The lowest BCUT2D eigenvalue weighted by molar-refractivity contribution is -0.118. The van der Waals surface area contributed by atoms with Crippen LogP contribution in [0.4, 0.5) is 21.5 Å². The van der Waals surface area contributed by atoms with Gasteiger partial charge in [0.05, 0.1) is 17.6 Å². The molecule has 2 aromatic carbocycles. The summed E-state index contributed by atoms with van der Waals surface area (Å²) in [5.74, 6) is -0.776. The second-order valence-corrected chi connectivity index (χ2v) is 9.44. The Hall–Kier alpha value is -3.68. The summed E-state index contributed by atoms with van der Waals surface area (Å²) in [7, 11) is 1.77. The maximum Gasteiger partial charge on any atom is 0.252 e. The van der Waals surface area contributed by atoms with Crippen LogP contribution in [0.15, 0.2) is 48.8 Å². The molecule has 1 aliphatic carbocycles. The molecule has 0 radical (unpaired) electrons. The zero-order valence-electron chi connectivity index (χ0n) is 20.4. The monoisotopic (exact) mass is 477 g/mol. The van der Waals surface area contributed by atoms with Crippen molar-refractivity contribution in [3.8, 4) is 0 Å². The van der Waals surface area contributed by atoms with E-state index >= 15 is 0 Å². The van der Waals surface area contributed by atoms with E-state index in [0.29, 0.717) is 18.0 Å². The van der Waals surface area contributed by atoms with Crippen molar-refractivity contribution in [1.82, 2.24) is 15.1 Å². The summed E-state index contributed by atoms with van der Waals surface area (Å²) in [5, 5.41) is 12.9. The van der Waals surface area contributed by atoms with E-state index in [2.05, 4.69) is 21.0 Å². The average molecular weight is 478 g/mol. The minimum atomic E-state index is -0.703. The summed E-state index contributed by atoms with van der Waals surface area (Å²) in [6, 6.07) is 9.36. The Morgan fingerprint density at radius 2 is 1.89 bits per heavy atom. The fraction of sp³-hybridized carbons (Fsp3) is 0.370. The summed E-state index contributed by atoms with van der Waals surface area (Å²) in [5.41, 5.74) is 3.85. The molecule has 1 aliphatic rings. The third-order valence-electron chi connectivity index (χ3n) is 6.53. The van der Waals surface area contributed by atoms with Gasteiger partial charge in [0.25, 0.3) is 5.91 Å². The van der Waals surface area contributed by atoms with Crippen LogP contribution < -0.4 is 16.0 Å². The van der Waals surface area contributed by atoms with Gasteiger partial charge in [-0.15, -0.1) is 0 Å². The summed E-state index contributed by atoms with van der Waals surface area (Å²) >= 11 is 0. The first-order chi connectivity index (χ1) is 16.8. The van der Waals surface area contributed by atoms with E-state index in [9.17, 15) is 14.0 Å². The van der Waals surface area contributed by atoms with Gasteiger partial charge in [0.1, 0.15) is 11.9 Å². The molecular formula is C27H32FN5O2. The summed E-state index contributed by atoms with van der Waals surface area (Å²) in [6.07, 6.45) is 8.21. The number of carbonyl (C=O) groups excluding carboxylic acids is 2. The molecule has 2 amide bonds. The van der Waals surface area contributed by atoms with E-state index in [0.717, 1.165) is 42.5 Å². The number of nitrogens with one attached hydrogen (secondary N) is 3. The molecule has 1 saturated carbocycles. The lowest BCUT2D eigenvalue weighted by Gasteiger charge is -2.21. The predicted molar refractivity (Wildman–Crippen MR) is 135 cm³/mol. The van der Waals surface area contributed by atoms with Crippen LogP contribution in [-0.2, 0) is 11.8 Å². The molecule has 3 aromatic rings. The smallest absolute Gasteiger partial charge is 0.252 e. The Morgan fingerprint density at radius 3 is 2.60 bits per heavy atom. The number of halogens is 1. The average Bonchev–Trinajstić information content (AvgIpc) is 3.48. The quantitative estimate of drug-likeness (QED) is 0.414. The summed E-state index contributed by atoms with van der Waals surface area (Å²) in [4.78, 5) is 26.2. The highest BCUT2D eigenvalue weighted by atomic mass is 19.1. The molecular weight excluding hydrogens is 445 g/mol. The van der Waals surface area contributed by atoms with Crippen LogP contribution in [0.5, 0.6) is 0 Å². The van der Waals surface area contributed by atoms with Crippen LogP contribution in [0.25, 0.3) is 0 Å². The van der Waals surface area contributed by atoms with Gasteiger partial charge < -0.3 is 16.0 Å². The molecule has 0 unspecified atom stereocenters. The molecule has 3 N–H and O–H groups in total. The number of aryl methyl sites for hydroxylation is 3. The Morgan fingerprint density at radius 1 is 1.11 bits per heavy atom. The normalized spacial score (nSPS) is 14.5. The first-order valence-corrected chi connectivity index (χ1v) is 12.0. The molecule has 7 nitrogen and oxygen atoms in total. The van der Waals surface area contributed by atoms with Crippen molar-refractivity contribution in [2.24, 2.45) is 13.0 Å². The van der Waals surface area contributed by atoms with Crippen molar-refractivity contribution >= 4 is 28.9 Å². The van der Waals surface area contributed by atoms with Gasteiger partial charge in [-0.3, -0.25) is 14.3 Å². The van der Waals surface area contributed by atoms with Crippen molar-refractivity contribution < 1.29 is 14.0 Å². The van der Waals surface area contributed by atoms with Gasteiger partial charge in [0.2, 0.25) is 5.91 Å². The second-order valence-electron chi connectivity index (χ2n) is 9.44. The van der Waals surface area contributed by atoms with Crippen LogP contribution in [0.1, 0.15) is 53.6 Å². The van der Waals surface area contributed by atoms with Crippen molar-refractivity contribution in [1.29, 1.82) is 0 Å². The Kier molecular flexibility index (Phi) is 7.48. The van der Waals surface area contributed by atoms with Crippen LogP contribution in [0.2, 0.25) is 0 Å². The number of anilines is 3. The second kappa shape index (κ2) is 10.7. The number of amides is 2. The lowest BCUT2D eigenvalue weighted by atomic mass is 9.97. The van der Waals surface area contributed by atoms with Gasteiger partial charge in [-0.1, -0.05) is 37.8 Å². The molecule has 35 heavy (non-hydrogen) atoms. The van der Waals surface area contributed by atoms with E-state index in [1.807, 2.05) is 32.0 Å². The minimum Gasteiger partial charge on any atom is -0.353 e. The molecule has 184 valence electrons. The van der Waals surface area contributed by atoms with Crippen LogP contribution in [-0.4, -0.2) is 27.6 Å². The van der Waals surface area contributed by atoms with Gasteiger partial charge in [-0.05, 0) is 61.6 Å². The molecule has 8 heteroatoms. The molecule has 0 spiro atoms. The van der Waals surface area contributed by atoms with Crippen LogP contribution in [0, 0.1) is 25.6 Å². The number of aromatic nitrogens is 2. The predicted octanol–water partition coefficient (Wildman–Crippen LogP) is 5.24. The van der Waals surface area contributed by atoms with E-state index in [4.69, 9.17) is 0 Å². The largest absolute Gasteiger partial charge is 0.353 e. The Bertz CT molecular complexity index is 1220. The van der Waals surface area contributed by atoms with E-state index in [-0.39, 0.29) is 17.2 Å². The molecule has 0 aliphatic heterocycles. The van der Waals surface area contributed by atoms with E-state index in [1.54, 1.807) is 24.1 Å². The van der Waals surface area contributed by atoms with Gasteiger partial charge in [0.15, 0.2) is 0 Å².